The van der Waals surface area contributed by atoms with Gasteiger partial charge in [-0.2, -0.15) is 0 Å². The highest BCUT2D eigenvalue weighted by atomic mass is 19.1. The third-order valence-corrected chi connectivity index (χ3v) is 4.96. The van der Waals surface area contributed by atoms with Crippen LogP contribution in [-0.4, -0.2) is 37.5 Å². The van der Waals surface area contributed by atoms with E-state index in [0.717, 1.165) is 12.0 Å². The van der Waals surface area contributed by atoms with Crippen molar-refractivity contribution < 1.29 is 28.5 Å². The summed E-state index contributed by atoms with van der Waals surface area (Å²) in [6.45, 7) is 5.98. The van der Waals surface area contributed by atoms with E-state index in [1.54, 1.807) is 33.3 Å². The van der Waals surface area contributed by atoms with Crippen LogP contribution in [0.2, 0.25) is 0 Å². The minimum atomic E-state index is -2.29. The molecule has 4 rings (SSSR count). The number of nitrogens with one attached hydrogen (secondary N) is 2. The van der Waals surface area contributed by atoms with Crippen molar-refractivity contribution in [2.24, 2.45) is 0 Å². The lowest BCUT2D eigenvalue weighted by molar-refractivity contribution is -0.201. The van der Waals surface area contributed by atoms with Gasteiger partial charge in [-0.15, -0.1) is 0 Å². The SMILES string of the molecule is CC.CN/C=C1\OCC(O)(O)c2c(F)cccc21.CN/C=C1\OCCc2ccc(C)c(F)c21. The van der Waals surface area contributed by atoms with Gasteiger partial charge in [0.2, 0.25) is 5.79 Å². The number of benzene rings is 2. The molecule has 0 bridgehead atoms. The number of halogens is 2. The molecule has 2 heterocycles. The molecule has 2 aliphatic rings. The predicted octanol–water partition coefficient (Wildman–Crippen LogP) is 3.76. The molecule has 0 saturated carbocycles. The lowest BCUT2D eigenvalue weighted by atomic mass is 9.95. The predicted molar refractivity (Wildman–Crippen MR) is 125 cm³/mol. The Morgan fingerprint density at radius 1 is 0.970 bits per heavy atom. The maximum absolute atomic E-state index is 13.9. The maximum Gasteiger partial charge on any atom is 0.228 e. The first-order valence-corrected chi connectivity index (χ1v) is 10.8. The largest absolute Gasteiger partial charge is 0.491 e. The minimum absolute atomic E-state index is 0.150. The van der Waals surface area contributed by atoms with Gasteiger partial charge in [-0.25, -0.2) is 8.78 Å². The summed E-state index contributed by atoms with van der Waals surface area (Å²) in [6.07, 6.45) is 4.00. The van der Waals surface area contributed by atoms with E-state index < -0.39 is 18.2 Å². The van der Waals surface area contributed by atoms with Crippen LogP contribution in [-0.2, 0) is 21.7 Å². The fourth-order valence-corrected chi connectivity index (χ4v) is 3.50. The number of rotatable bonds is 2. The zero-order valence-electron chi connectivity index (χ0n) is 19.6. The van der Waals surface area contributed by atoms with E-state index in [4.69, 9.17) is 9.47 Å². The highest BCUT2D eigenvalue weighted by Gasteiger charge is 2.38. The van der Waals surface area contributed by atoms with Gasteiger partial charge in [-0.3, -0.25) is 0 Å². The monoisotopic (exact) mass is 462 g/mol. The van der Waals surface area contributed by atoms with Gasteiger partial charge in [-0.1, -0.05) is 38.1 Å². The highest BCUT2D eigenvalue weighted by molar-refractivity contribution is 5.66. The van der Waals surface area contributed by atoms with Crippen LogP contribution < -0.4 is 10.6 Å². The van der Waals surface area contributed by atoms with Gasteiger partial charge in [-0.05, 0) is 24.1 Å². The molecular weight excluding hydrogens is 430 g/mol. The van der Waals surface area contributed by atoms with Gasteiger partial charge in [0.15, 0.2) is 0 Å². The molecule has 0 aliphatic carbocycles. The summed E-state index contributed by atoms with van der Waals surface area (Å²) in [6, 6.07) is 8.03. The molecule has 4 N–H and O–H groups in total. The molecule has 0 saturated heterocycles. The second kappa shape index (κ2) is 11.7. The van der Waals surface area contributed by atoms with E-state index >= 15 is 0 Å². The summed E-state index contributed by atoms with van der Waals surface area (Å²) in [5.74, 6) is -2.14. The number of ether oxygens (including phenoxy) is 2. The van der Waals surface area contributed by atoms with Crippen molar-refractivity contribution in [3.8, 4) is 0 Å². The smallest absolute Gasteiger partial charge is 0.228 e. The maximum atomic E-state index is 13.9. The Morgan fingerprint density at radius 2 is 1.64 bits per heavy atom. The van der Waals surface area contributed by atoms with Crippen molar-refractivity contribution in [3.63, 3.8) is 0 Å². The quantitative estimate of drug-likeness (QED) is 0.509. The molecular formula is C25H32F2N2O4. The fourth-order valence-electron chi connectivity index (χ4n) is 3.50. The molecule has 0 amide bonds. The lowest BCUT2D eigenvalue weighted by Gasteiger charge is -2.31. The van der Waals surface area contributed by atoms with Crippen LogP contribution in [0.3, 0.4) is 0 Å². The summed E-state index contributed by atoms with van der Waals surface area (Å²) in [7, 11) is 3.45. The second-order valence-corrected chi connectivity index (χ2v) is 7.19. The van der Waals surface area contributed by atoms with Gasteiger partial charge in [0.05, 0.1) is 17.7 Å². The second-order valence-electron chi connectivity index (χ2n) is 7.19. The van der Waals surface area contributed by atoms with E-state index in [2.05, 4.69) is 10.6 Å². The Morgan fingerprint density at radius 3 is 2.30 bits per heavy atom. The molecule has 8 heteroatoms. The zero-order chi connectivity index (χ0) is 24.6. The van der Waals surface area contributed by atoms with Gasteiger partial charge in [0.25, 0.3) is 0 Å². The molecule has 0 atom stereocenters. The lowest BCUT2D eigenvalue weighted by Crippen LogP contribution is -2.36. The van der Waals surface area contributed by atoms with Crippen molar-refractivity contribution in [2.75, 3.05) is 27.3 Å². The van der Waals surface area contributed by atoms with E-state index in [-0.39, 0.29) is 11.4 Å². The van der Waals surface area contributed by atoms with Crippen molar-refractivity contribution in [3.05, 3.63) is 82.2 Å². The van der Waals surface area contributed by atoms with Crippen LogP contribution >= 0.6 is 0 Å². The van der Waals surface area contributed by atoms with E-state index in [1.165, 1.54) is 18.3 Å². The van der Waals surface area contributed by atoms with Crippen LogP contribution in [0.4, 0.5) is 8.78 Å². The molecule has 2 aliphatic heterocycles. The number of aryl methyl sites for hydroxylation is 1. The first-order chi connectivity index (χ1) is 15.8. The van der Waals surface area contributed by atoms with Gasteiger partial charge < -0.3 is 30.3 Å². The molecule has 0 unspecified atom stereocenters. The number of fused-ring (bicyclic) bond motifs is 2. The molecule has 0 fully saturated rings. The van der Waals surface area contributed by atoms with Crippen LogP contribution in [0.25, 0.3) is 11.5 Å². The van der Waals surface area contributed by atoms with Gasteiger partial charge in [0, 0.05) is 38.5 Å². The van der Waals surface area contributed by atoms with Crippen LogP contribution in [0.5, 0.6) is 0 Å². The number of hydrogen-bond acceptors (Lipinski definition) is 6. The van der Waals surface area contributed by atoms with Crippen molar-refractivity contribution in [2.45, 2.75) is 33.0 Å². The van der Waals surface area contributed by atoms with E-state index in [0.29, 0.717) is 34.8 Å². The Kier molecular flexibility index (Phi) is 9.25. The first-order valence-electron chi connectivity index (χ1n) is 10.8. The normalized spacial score (nSPS) is 17.7. The van der Waals surface area contributed by atoms with Gasteiger partial charge >= 0.3 is 0 Å². The van der Waals surface area contributed by atoms with Crippen molar-refractivity contribution >= 4 is 11.5 Å². The third-order valence-electron chi connectivity index (χ3n) is 4.96. The minimum Gasteiger partial charge on any atom is -0.491 e. The van der Waals surface area contributed by atoms with Gasteiger partial charge in [0.1, 0.15) is 29.8 Å². The molecule has 0 aromatic heterocycles. The Hall–Kier alpha value is -3.10. The summed E-state index contributed by atoms with van der Waals surface area (Å²) in [5, 5.41) is 24.9. The average molecular weight is 463 g/mol. The third kappa shape index (κ3) is 5.83. The average Bonchev–Trinajstić information content (AvgIpc) is 2.80. The molecule has 0 spiro atoms. The number of aliphatic hydroxyl groups is 2. The first kappa shape index (κ1) is 26.2. The number of hydrogen-bond donors (Lipinski definition) is 4. The Labute approximate surface area is 193 Å². The summed E-state index contributed by atoms with van der Waals surface area (Å²) in [4.78, 5) is 0. The molecule has 33 heavy (non-hydrogen) atoms. The highest BCUT2D eigenvalue weighted by Crippen LogP contribution is 2.35. The molecule has 2 aromatic carbocycles. The topological polar surface area (TPSA) is 83.0 Å². The molecule has 2 aromatic rings. The molecule has 180 valence electrons. The van der Waals surface area contributed by atoms with Crippen molar-refractivity contribution in [1.29, 1.82) is 0 Å². The van der Waals surface area contributed by atoms with Crippen LogP contribution in [0.1, 0.15) is 41.7 Å². The van der Waals surface area contributed by atoms with Crippen LogP contribution in [0.15, 0.2) is 42.7 Å². The summed E-state index contributed by atoms with van der Waals surface area (Å²) in [5.41, 5.74) is 2.47. The summed E-state index contributed by atoms with van der Waals surface area (Å²) >= 11 is 0. The summed E-state index contributed by atoms with van der Waals surface area (Å²) < 4.78 is 38.1. The van der Waals surface area contributed by atoms with E-state index in [1.807, 2.05) is 26.0 Å². The molecule has 6 nitrogen and oxygen atoms in total. The fraction of sp³-hybridized carbons (Fsp3) is 0.360. The standard InChI is InChI=1S/C12H14FNO.C11H12FNO3.C2H6/c1-8-3-4-9-5-6-15-10(7-14-2)11(9)12(8)13;1-13-5-9-7-3-2-4-8(12)10(7)11(14,15)6-16-9;1-2/h3-4,7,14H,5-6H2,1-2H3;2-5,13-15H,6H2,1H3;1-2H3/b10-7-;9-5-;. The van der Waals surface area contributed by atoms with Crippen LogP contribution in [0, 0.1) is 18.6 Å². The molecule has 0 radical (unpaired) electrons. The Bertz CT molecular complexity index is 1020. The van der Waals surface area contributed by atoms with Crippen molar-refractivity contribution in [1.82, 2.24) is 10.6 Å². The Balaban J connectivity index is 0.000000218. The van der Waals surface area contributed by atoms with E-state index in [9.17, 15) is 19.0 Å². The zero-order valence-corrected chi connectivity index (χ0v) is 19.6.